The van der Waals surface area contributed by atoms with E-state index in [-0.39, 0.29) is 71.7 Å². The number of carbonyl (C=O) groups excluding carboxylic acids is 8. The Bertz CT molecular complexity index is 2320. The van der Waals surface area contributed by atoms with Gasteiger partial charge in [-0.2, -0.15) is 20.0 Å². The van der Waals surface area contributed by atoms with Gasteiger partial charge in [-0.1, -0.05) is 0 Å². The second kappa shape index (κ2) is 27.6. The van der Waals surface area contributed by atoms with Gasteiger partial charge in [-0.05, 0) is 100 Å². The van der Waals surface area contributed by atoms with Crippen molar-refractivity contribution >= 4 is 71.1 Å². The molecule has 0 aliphatic heterocycles. The van der Waals surface area contributed by atoms with Crippen LogP contribution >= 0.6 is 0 Å². The fourth-order valence-corrected chi connectivity index (χ4v) is 6.67. The van der Waals surface area contributed by atoms with Crippen molar-refractivity contribution in [2.45, 2.75) is 25.7 Å². The number of aromatic amines is 4. The first-order valence-corrected chi connectivity index (χ1v) is 22.2. The highest BCUT2D eigenvalue weighted by Crippen LogP contribution is 2.08. The van der Waals surface area contributed by atoms with E-state index in [0.29, 0.717) is 65.0 Å². The number of guanidine groups is 4. The van der Waals surface area contributed by atoms with Gasteiger partial charge >= 0.3 is 0 Å². The number of hydrogen-bond acceptors (Lipinski definition) is 10. The molecule has 4 aromatic heterocycles. The Morgan fingerprint density at radius 1 is 0.333 bits per heavy atom. The maximum Gasteiger partial charge on any atom is 0.296 e. The van der Waals surface area contributed by atoms with Crippen LogP contribution in [0.4, 0.5) is 0 Å². The van der Waals surface area contributed by atoms with Crippen LogP contribution in [0.2, 0.25) is 0 Å². The summed E-state index contributed by atoms with van der Waals surface area (Å²) in [5, 5.41) is 11.3. The first-order valence-electron chi connectivity index (χ1n) is 22.2. The molecule has 30 heteroatoms. The van der Waals surface area contributed by atoms with Gasteiger partial charge in [-0.3, -0.25) is 38.4 Å². The van der Waals surface area contributed by atoms with Gasteiger partial charge in [0.1, 0.15) is 45.6 Å². The minimum atomic E-state index is -0.739. The molecule has 0 unspecified atom stereocenters. The van der Waals surface area contributed by atoms with Crippen LogP contribution in [0.1, 0.15) is 110 Å². The molecule has 8 amide bonds. The fourth-order valence-electron chi connectivity index (χ4n) is 6.67. The molecule has 72 heavy (non-hydrogen) atoms. The molecule has 24 N–H and O–H groups in total. The van der Waals surface area contributed by atoms with Gasteiger partial charge in [0.25, 0.3) is 47.3 Å². The lowest BCUT2D eigenvalue weighted by molar-refractivity contribution is 0.0932. The lowest BCUT2D eigenvalue weighted by Crippen LogP contribution is -2.40. The quantitative estimate of drug-likeness (QED) is 0.0153. The van der Waals surface area contributed by atoms with E-state index in [1.54, 1.807) is 0 Å². The summed E-state index contributed by atoms with van der Waals surface area (Å²) in [5.41, 5.74) is 42.9. The fraction of sp³-hybridized carbons (Fsp3) is 0.333. The van der Waals surface area contributed by atoms with Crippen LogP contribution in [0.15, 0.2) is 68.5 Å². The van der Waals surface area contributed by atoms with Gasteiger partial charge in [0.15, 0.2) is 23.8 Å². The van der Waals surface area contributed by atoms with Crippen LogP contribution in [0, 0.1) is 0 Å². The van der Waals surface area contributed by atoms with Gasteiger partial charge in [0.05, 0.1) is 0 Å². The van der Waals surface area contributed by atoms with Gasteiger partial charge in [-0.25, -0.2) is 0 Å². The molecule has 0 fully saturated rings. The summed E-state index contributed by atoms with van der Waals surface area (Å²) in [6, 6.07) is 11.3. The summed E-state index contributed by atoms with van der Waals surface area (Å²) in [6.45, 7) is 4.10. The zero-order valence-electron chi connectivity index (χ0n) is 39.1. The number of hydrogen-bond donors (Lipinski definition) is 16. The Labute approximate surface area is 410 Å². The van der Waals surface area contributed by atoms with Crippen LogP contribution in [-0.4, -0.2) is 166 Å². The van der Waals surface area contributed by atoms with Crippen LogP contribution in [-0.2, 0) is 0 Å². The van der Waals surface area contributed by atoms with E-state index in [1.807, 2.05) is 0 Å². The number of aliphatic imine (C=N–C) groups is 4. The molecule has 0 atom stereocenters. The Hall–Kier alpha value is -9.32. The Morgan fingerprint density at radius 2 is 0.528 bits per heavy atom. The summed E-state index contributed by atoms with van der Waals surface area (Å²) in [7, 11) is 0. The monoisotopic (exact) mass is 1000 g/mol. The number of nitrogens with one attached hydrogen (secondary N) is 8. The number of amides is 8. The molecular formula is C42H60N22O8. The Morgan fingerprint density at radius 3 is 0.722 bits per heavy atom. The summed E-state index contributed by atoms with van der Waals surface area (Å²) in [6.07, 6.45) is 2.01. The van der Waals surface area contributed by atoms with E-state index < -0.39 is 71.1 Å². The summed E-state index contributed by atoms with van der Waals surface area (Å²) >= 11 is 0. The van der Waals surface area contributed by atoms with E-state index in [4.69, 9.17) is 45.9 Å². The molecule has 0 aromatic carbocycles. The molecule has 4 heterocycles. The molecule has 0 aliphatic carbocycles. The molecule has 4 rings (SSSR count). The minimum Gasteiger partial charge on any atom is -0.370 e. The Kier molecular flexibility index (Phi) is 21.2. The van der Waals surface area contributed by atoms with Gasteiger partial charge in [0.2, 0.25) is 0 Å². The topological polar surface area (TPSA) is 512 Å². The highest BCUT2D eigenvalue weighted by Gasteiger charge is 2.18. The molecule has 0 spiro atoms. The molecule has 30 nitrogen and oxygen atoms in total. The second-order valence-electron chi connectivity index (χ2n) is 15.6. The maximum atomic E-state index is 12.9. The number of nitrogens with two attached hydrogens (primary N) is 8. The minimum absolute atomic E-state index is 0.0258. The van der Waals surface area contributed by atoms with Crippen LogP contribution in [0.5, 0.6) is 0 Å². The van der Waals surface area contributed by atoms with Crippen molar-refractivity contribution in [3.05, 3.63) is 94.1 Å². The molecule has 0 saturated carbocycles. The first kappa shape index (κ1) is 55.3. The van der Waals surface area contributed by atoms with Crippen LogP contribution in [0.25, 0.3) is 0 Å². The number of H-pyrrole nitrogens is 4. The maximum absolute atomic E-state index is 12.9. The highest BCUT2D eigenvalue weighted by atomic mass is 16.2. The van der Waals surface area contributed by atoms with Crippen molar-refractivity contribution in [1.29, 1.82) is 0 Å². The molecular weight excluding hydrogens is 941 g/mol. The molecule has 386 valence electrons. The lowest BCUT2D eigenvalue weighted by Gasteiger charge is -2.28. The zero-order chi connectivity index (χ0) is 52.7. The molecule has 0 bridgehead atoms. The van der Waals surface area contributed by atoms with Gasteiger partial charge in [-0.15, -0.1) is 0 Å². The van der Waals surface area contributed by atoms with Crippen molar-refractivity contribution in [1.82, 2.24) is 51.0 Å². The van der Waals surface area contributed by atoms with Crippen LogP contribution in [0.3, 0.4) is 0 Å². The second-order valence-corrected chi connectivity index (χ2v) is 15.6. The third kappa shape index (κ3) is 18.6. The van der Waals surface area contributed by atoms with Crippen molar-refractivity contribution in [3.8, 4) is 0 Å². The third-order valence-electron chi connectivity index (χ3n) is 10.0. The van der Waals surface area contributed by atoms with Crippen molar-refractivity contribution in [2.75, 3.05) is 65.4 Å². The van der Waals surface area contributed by atoms with Gasteiger partial charge < -0.3 is 96.9 Å². The van der Waals surface area contributed by atoms with Crippen molar-refractivity contribution < 1.29 is 38.4 Å². The number of aromatic nitrogens is 4. The third-order valence-corrected chi connectivity index (χ3v) is 10.0. The molecule has 4 aromatic rings. The van der Waals surface area contributed by atoms with Crippen molar-refractivity contribution in [3.63, 3.8) is 0 Å². The molecule has 0 radical (unpaired) electrons. The summed E-state index contributed by atoms with van der Waals surface area (Å²) < 4.78 is 0. The number of rotatable bonds is 27. The standard InChI is InChI=1S/C42H60N22O8/c43-39(44)59-35(69)27-9-5-23(55-27)31(65)51-13-1-17-63(18-2-14-52-32(66)24-6-10-28(56-24)36(70)60-40(45)46)21-22-64(19-3-15-53-33(67)25-7-11-29(57-25)37(71)61-41(47)48)20-4-16-54-34(68)26-8-12-30(58-26)38(72)62-42(49)50/h5-12,55-58H,1-4,13-22H2,(H,51,65)(H,52,66)(H,53,67)(H,54,68)(H4,43,44,59,69)(H4,45,46,60,70)(H4,47,48,61,71)(H4,49,50,62,72). The highest BCUT2D eigenvalue weighted by molar-refractivity contribution is 6.05. The SMILES string of the molecule is NC(N)=NC(=O)c1ccc(C(=O)NCCCN(CCCNC(=O)c2ccc(C(=O)N=C(N)N)[nH]2)CCN(CCCNC(=O)c2ccc(C(=O)N=C(N)N)[nH]2)CCCNC(=O)c2ccc(C(=O)N=C(N)N)[nH]2)[nH]1. The lowest BCUT2D eigenvalue weighted by atomic mass is 10.2. The zero-order valence-corrected chi connectivity index (χ0v) is 39.1. The van der Waals surface area contributed by atoms with E-state index in [0.717, 1.165) is 0 Å². The average molecular weight is 1000 g/mol. The van der Waals surface area contributed by atoms with E-state index in [9.17, 15) is 38.4 Å². The predicted octanol–water partition coefficient (Wildman–Crippen LogP) is -4.16. The number of nitrogens with zero attached hydrogens (tertiary/aromatic N) is 6. The summed E-state index contributed by atoms with van der Waals surface area (Å²) in [5.74, 6) is -6.50. The first-order chi connectivity index (χ1) is 34.3. The number of carbonyl (C=O) groups is 8. The Balaban J connectivity index is 1.40. The molecule has 0 aliphatic rings. The van der Waals surface area contributed by atoms with E-state index in [2.05, 4.69) is 71.0 Å². The predicted molar refractivity (Wildman–Crippen MR) is 264 cm³/mol. The van der Waals surface area contributed by atoms with Crippen molar-refractivity contribution in [2.24, 2.45) is 65.8 Å². The van der Waals surface area contributed by atoms with E-state index >= 15 is 0 Å². The van der Waals surface area contributed by atoms with Crippen LogP contribution < -0.4 is 67.1 Å². The smallest absolute Gasteiger partial charge is 0.296 e. The molecule has 0 saturated heterocycles. The normalized spacial score (nSPS) is 10.8. The largest absolute Gasteiger partial charge is 0.370 e. The summed E-state index contributed by atoms with van der Waals surface area (Å²) in [4.78, 5) is 129. The average Bonchev–Trinajstić information content (AvgIpc) is 4.17. The van der Waals surface area contributed by atoms with E-state index in [1.165, 1.54) is 48.5 Å². The van der Waals surface area contributed by atoms with Gasteiger partial charge in [0, 0.05) is 39.3 Å².